The van der Waals surface area contributed by atoms with Crippen LogP contribution in [0.25, 0.3) is 0 Å². The van der Waals surface area contributed by atoms with Crippen LogP contribution in [-0.2, 0) is 9.53 Å². The van der Waals surface area contributed by atoms with Crippen molar-refractivity contribution in [3.05, 3.63) is 58.1 Å². The first-order chi connectivity index (χ1) is 17.4. The van der Waals surface area contributed by atoms with Gasteiger partial charge in [-0.05, 0) is 31.0 Å². The SMILES string of the molecule is CCCCCCCCCCCCCCCC(=O)O[C@@H]1c2cccc(O)c2C(=O)c2c(O)cc(C)cc21. The van der Waals surface area contributed by atoms with Crippen molar-refractivity contribution in [3.8, 4) is 11.5 Å². The highest BCUT2D eigenvalue weighted by Gasteiger charge is 2.37. The van der Waals surface area contributed by atoms with Crippen LogP contribution >= 0.6 is 0 Å². The number of carbonyl (C=O) groups is 2. The Morgan fingerprint density at radius 3 is 1.94 bits per heavy atom. The molecule has 3 rings (SSSR count). The van der Waals surface area contributed by atoms with E-state index in [9.17, 15) is 19.8 Å². The van der Waals surface area contributed by atoms with Crippen molar-refractivity contribution in [2.45, 2.75) is 110 Å². The molecule has 1 atom stereocenters. The van der Waals surface area contributed by atoms with Crippen molar-refractivity contribution < 1.29 is 24.5 Å². The standard InChI is InChI=1S/C31H42O5/c1-3-4-5-6-7-8-9-10-11-12-13-14-15-19-27(34)36-31-23-17-16-18-25(32)28(23)30(35)29-24(31)20-22(2)21-26(29)33/h16-18,20-21,31-33H,3-15,19H2,1-2H3/t31-/m1/s1. The van der Waals surface area contributed by atoms with E-state index in [4.69, 9.17) is 4.74 Å². The van der Waals surface area contributed by atoms with E-state index in [1.807, 2.05) is 6.92 Å². The Morgan fingerprint density at radius 1 is 0.778 bits per heavy atom. The third-order valence-corrected chi connectivity index (χ3v) is 7.12. The van der Waals surface area contributed by atoms with E-state index < -0.39 is 11.9 Å². The van der Waals surface area contributed by atoms with Crippen LogP contribution in [0.1, 0.15) is 136 Å². The summed E-state index contributed by atoms with van der Waals surface area (Å²) in [6.45, 7) is 4.07. The number of ketones is 1. The molecule has 36 heavy (non-hydrogen) atoms. The van der Waals surface area contributed by atoms with Gasteiger partial charge < -0.3 is 14.9 Å². The number of rotatable bonds is 15. The summed E-state index contributed by atoms with van der Waals surface area (Å²) in [5.41, 5.74) is 1.86. The smallest absolute Gasteiger partial charge is 0.306 e. The molecule has 0 aliphatic heterocycles. The zero-order valence-electron chi connectivity index (χ0n) is 22.0. The minimum atomic E-state index is -0.833. The first-order valence-electron chi connectivity index (χ1n) is 13.8. The topological polar surface area (TPSA) is 83.8 Å². The van der Waals surface area contributed by atoms with E-state index in [0.717, 1.165) is 24.8 Å². The summed E-state index contributed by atoms with van der Waals surface area (Å²) in [5.74, 6) is -1.14. The summed E-state index contributed by atoms with van der Waals surface area (Å²) in [6, 6.07) is 8.03. The molecular formula is C31H42O5. The maximum absolute atomic E-state index is 13.0. The van der Waals surface area contributed by atoms with Gasteiger partial charge in [0.1, 0.15) is 11.5 Å². The Kier molecular flexibility index (Phi) is 10.8. The first-order valence-corrected chi connectivity index (χ1v) is 13.8. The second-order valence-corrected chi connectivity index (χ2v) is 10.2. The van der Waals surface area contributed by atoms with Crippen LogP contribution in [0.5, 0.6) is 11.5 Å². The molecule has 196 valence electrons. The van der Waals surface area contributed by atoms with Gasteiger partial charge in [-0.1, -0.05) is 102 Å². The second-order valence-electron chi connectivity index (χ2n) is 10.2. The molecule has 2 aromatic carbocycles. The number of ether oxygens (including phenoxy) is 1. The second kappa shape index (κ2) is 14.1. The fraction of sp³-hybridized carbons (Fsp3) is 0.548. The van der Waals surface area contributed by atoms with Gasteiger partial charge in [-0.3, -0.25) is 9.59 Å². The van der Waals surface area contributed by atoms with E-state index in [1.165, 1.54) is 76.3 Å². The first kappa shape index (κ1) is 27.8. The van der Waals surface area contributed by atoms with Crippen molar-refractivity contribution in [2.75, 3.05) is 0 Å². The number of unbranched alkanes of at least 4 members (excludes halogenated alkanes) is 12. The lowest BCUT2D eigenvalue weighted by molar-refractivity contribution is -0.147. The van der Waals surface area contributed by atoms with Gasteiger partial charge in [-0.25, -0.2) is 0 Å². The fourth-order valence-corrected chi connectivity index (χ4v) is 5.17. The minimum absolute atomic E-state index is 0.0860. The zero-order chi connectivity index (χ0) is 25.9. The summed E-state index contributed by atoms with van der Waals surface area (Å²) in [7, 11) is 0. The number of phenols is 2. The Hall–Kier alpha value is -2.82. The van der Waals surface area contributed by atoms with Gasteiger partial charge in [0.05, 0.1) is 11.1 Å². The highest BCUT2D eigenvalue weighted by atomic mass is 16.5. The summed E-state index contributed by atoms with van der Waals surface area (Å²) in [5, 5.41) is 20.8. The summed E-state index contributed by atoms with van der Waals surface area (Å²) < 4.78 is 5.85. The normalized spacial score (nSPS) is 14.4. The van der Waals surface area contributed by atoms with E-state index in [-0.39, 0.29) is 28.6 Å². The highest BCUT2D eigenvalue weighted by Crippen LogP contribution is 2.44. The molecule has 2 aromatic rings. The van der Waals surface area contributed by atoms with Gasteiger partial charge in [0.15, 0.2) is 6.10 Å². The van der Waals surface area contributed by atoms with Crippen LogP contribution in [0.2, 0.25) is 0 Å². The largest absolute Gasteiger partial charge is 0.507 e. The van der Waals surface area contributed by atoms with Crippen molar-refractivity contribution in [1.29, 1.82) is 0 Å². The fourth-order valence-electron chi connectivity index (χ4n) is 5.17. The maximum atomic E-state index is 13.0. The average molecular weight is 495 g/mol. The number of hydrogen-bond acceptors (Lipinski definition) is 5. The van der Waals surface area contributed by atoms with Gasteiger partial charge in [0, 0.05) is 17.5 Å². The lowest BCUT2D eigenvalue weighted by atomic mass is 9.81. The number of esters is 1. The quantitative estimate of drug-likeness (QED) is 0.193. The van der Waals surface area contributed by atoms with Crippen molar-refractivity contribution >= 4 is 11.8 Å². The molecular weight excluding hydrogens is 452 g/mol. The summed E-state index contributed by atoms with van der Waals surface area (Å²) in [4.78, 5) is 25.8. The number of hydrogen-bond donors (Lipinski definition) is 2. The number of fused-ring (bicyclic) bond motifs is 2. The van der Waals surface area contributed by atoms with Gasteiger partial charge in [-0.2, -0.15) is 0 Å². The third-order valence-electron chi connectivity index (χ3n) is 7.12. The Morgan fingerprint density at radius 2 is 1.33 bits per heavy atom. The molecule has 0 unspecified atom stereocenters. The average Bonchev–Trinajstić information content (AvgIpc) is 2.84. The summed E-state index contributed by atoms with van der Waals surface area (Å²) >= 11 is 0. The predicted molar refractivity (Wildman–Crippen MR) is 143 cm³/mol. The van der Waals surface area contributed by atoms with Gasteiger partial charge in [-0.15, -0.1) is 0 Å². The maximum Gasteiger partial charge on any atom is 0.306 e. The molecule has 0 saturated heterocycles. The van der Waals surface area contributed by atoms with Crippen LogP contribution in [0.15, 0.2) is 30.3 Å². The lowest BCUT2D eigenvalue weighted by Gasteiger charge is -2.28. The molecule has 5 heteroatoms. The molecule has 0 bridgehead atoms. The molecule has 0 aromatic heterocycles. The number of benzene rings is 2. The molecule has 1 aliphatic rings. The number of carbonyl (C=O) groups excluding carboxylic acids is 2. The number of phenolic OH excluding ortho intramolecular Hbond substituents is 2. The number of aryl methyl sites for hydroxylation is 1. The third kappa shape index (κ3) is 7.35. The zero-order valence-corrected chi connectivity index (χ0v) is 22.0. The number of aromatic hydroxyl groups is 2. The van der Waals surface area contributed by atoms with Gasteiger partial charge in [0.25, 0.3) is 0 Å². The molecule has 0 amide bonds. The molecule has 0 heterocycles. The minimum Gasteiger partial charge on any atom is -0.507 e. The Bertz CT molecular complexity index is 1030. The molecule has 1 aliphatic carbocycles. The molecule has 0 saturated carbocycles. The van der Waals surface area contributed by atoms with Gasteiger partial charge >= 0.3 is 5.97 Å². The van der Waals surface area contributed by atoms with Crippen LogP contribution < -0.4 is 0 Å². The predicted octanol–water partition coefficient (Wildman–Crippen LogP) is 8.06. The van der Waals surface area contributed by atoms with Crippen LogP contribution in [-0.4, -0.2) is 22.0 Å². The van der Waals surface area contributed by atoms with E-state index in [1.54, 1.807) is 18.2 Å². The van der Waals surface area contributed by atoms with Crippen LogP contribution in [0.3, 0.4) is 0 Å². The molecule has 5 nitrogen and oxygen atoms in total. The van der Waals surface area contributed by atoms with Crippen molar-refractivity contribution in [2.24, 2.45) is 0 Å². The van der Waals surface area contributed by atoms with Crippen LogP contribution in [0, 0.1) is 6.92 Å². The Labute approximate surface area is 215 Å². The molecule has 2 N–H and O–H groups in total. The highest BCUT2D eigenvalue weighted by molar-refractivity contribution is 6.15. The van der Waals surface area contributed by atoms with E-state index in [2.05, 4.69) is 6.92 Å². The van der Waals surface area contributed by atoms with Crippen molar-refractivity contribution in [3.63, 3.8) is 0 Å². The lowest BCUT2D eigenvalue weighted by Crippen LogP contribution is -2.24. The van der Waals surface area contributed by atoms with Gasteiger partial charge in [0.2, 0.25) is 5.78 Å². The van der Waals surface area contributed by atoms with Crippen LogP contribution in [0.4, 0.5) is 0 Å². The molecule has 0 fully saturated rings. The van der Waals surface area contributed by atoms with Crippen molar-refractivity contribution in [1.82, 2.24) is 0 Å². The summed E-state index contributed by atoms with van der Waals surface area (Å²) in [6.07, 6.45) is 15.6. The Balaban J connectivity index is 1.45. The molecule has 0 spiro atoms. The molecule has 0 radical (unpaired) electrons. The van der Waals surface area contributed by atoms with E-state index >= 15 is 0 Å². The van der Waals surface area contributed by atoms with E-state index in [0.29, 0.717) is 17.5 Å². The monoisotopic (exact) mass is 494 g/mol.